The average molecular weight is 256 g/mol. The van der Waals surface area contributed by atoms with Gasteiger partial charge in [-0.3, -0.25) is 4.90 Å². The van der Waals surface area contributed by atoms with Crippen LogP contribution in [0.5, 0.6) is 0 Å². The number of carbonyl (C=O) groups is 1. The van der Waals surface area contributed by atoms with Crippen molar-refractivity contribution >= 4 is 6.03 Å². The first kappa shape index (κ1) is 15.1. The van der Waals surface area contributed by atoms with Gasteiger partial charge in [0.05, 0.1) is 6.20 Å². The summed E-state index contributed by atoms with van der Waals surface area (Å²) in [6.07, 6.45) is 3.78. The molecule has 0 fully saturated rings. The first-order valence-corrected chi connectivity index (χ1v) is 5.42. The maximum atomic E-state index is 11.3. The van der Waals surface area contributed by atoms with Crippen molar-refractivity contribution in [1.82, 2.24) is 9.80 Å². The molecule has 0 aromatic heterocycles. The van der Waals surface area contributed by atoms with Crippen LogP contribution in [-0.2, 0) is 0 Å². The number of hydrogen-bond acceptors (Lipinski definition) is 6. The van der Waals surface area contributed by atoms with Crippen LogP contribution < -0.4 is 23.5 Å². The number of amides is 2. The lowest BCUT2D eigenvalue weighted by Gasteiger charge is -2.17. The molecule has 0 bridgehead atoms. The molecular weight excluding hydrogens is 242 g/mol. The van der Waals surface area contributed by atoms with Crippen LogP contribution in [0.25, 0.3) is 0 Å². The standard InChI is InChI=1S/C7H13N3O.ClHO4/c1-8(2)7(11)10-5-4-9(3)6-10;2-1(3,4)5/h4-5H,6H2,1-3H3;(H,2,3,4,5). The van der Waals surface area contributed by atoms with Crippen molar-refractivity contribution in [3.63, 3.8) is 0 Å². The van der Waals surface area contributed by atoms with Gasteiger partial charge in [-0.25, -0.2) is 28.3 Å². The van der Waals surface area contributed by atoms with Crippen molar-refractivity contribution in [2.75, 3.05) is 27.8 Å². The lowest BCUT2D eigenvalue weighted by molar-refractivity contribution is -2.00. The fourth-order valence-electron chi connectivity index (χ4n) is 1.02. The number of nitrogens with one attached hydrogen (secondary N) is 1. The van der Waals surface area contributed by atoms with Gasteiger partial charge in [-0.05, 0) is 0 Å². The quantitative estimate of drug-likeness (QED) is 0.460. The van der Waals surface area contributed by atoms with Gasteiger partial charge in [0.2, 0.25) is 0 Å². The first-order chi connectivity index (χ1) is 7.11. The summed E-state index contributed by atoms with van der Waals surface area (Å²) in [4.78, 5) is 15.7. The molecule has 0 spiro atoms. The molecule has 0 aromatic carbocycles. The second-order valence-electron chi connectivity index (χ2n) is 3.33. The number of rotatable bonds is 0. The van der Waals surface area contributed by atoms with Gasteiger partial charge in [0.25, 0.3) is 0 Å². The fraction of sp³-hybridized carbons (Fsp3) is 0.571. The Morgan fingerprint density at radius 3 is 2.06 bits per heavy atom. The Kier molecular flexibility index (Phi) is 5.65. The predicted molar refractivity (Wildman–Crippen MR) is 41.8 cm³/mol. The van der Waals surface area contributed by atoms with Crippen molar-refractivity contribution in [1.29, 1.82) is 0 Å². The SMILES string of the molecule is CN1C=C[NH+](C(=O)N(C)C)C1.[O-][Cl+3]([O-])([O-])[O-]. The molecule has 8 nitrogen and oxygen atoms in total. The number of halogens is 1. The summed E-state index contributed by atoms with van der Waals surface area (Å²) in [5.41, 5.74) is 0. The summed E-state index contributed by atoms with van der Waals surface area (Å²) in [6, 6.07) is 0.102. The molecule has 1 heterocycles. The lowest BCUT2D eigenvalue weighted by atomic mass is 10.7. The van der Waals surface area contributed by atoms with E-state index >= 15 is 0 Å². The Hall–Kier alpha value is -0.900. The maximum absolute atomic E-state index is 11.3. The number of hydrogen-bond donors (Lipinski definition) is 1. The zero-order valence-corrected chi connectivity index (χ0v) is 9.93. The van der Waals surface area contributed by atoms with Crippen molar-refractivity contribution < 1.29 is 38.6 Å². The van der Waals surface area contributed by atoms with E-state index in [-0.39, 0.29) is 6.03 Å². The third kappa shape index (κ3) is 7.40. The molecule has 0 radical (unpaired) electrons. The highest BCUT2D eigenvalue weighted by Gasteiger charge is 2.23. The van der Waals surface area contributed by atoms with Gasteiger partial charge in [0, 0.05) is 21.1 Å². The average Bonchev–Trinajstić information content (AvgIpc) is 2.47. The van der Waals surface area contributed by atoms with Crippen molar-refractivity contribution in [3.8, 4) is 0 Å². The highest BCUT2D eigenvalue weighted by atomic mass is 35.7. The molecule has 1 aliphatic heterocycles. The molecule has 1 atom stereocenters. The zero-order valence-electron chi connectivity index (χ0n) is 9.18. The smallest absolute Gasteiger partial charge is 0.329 e. The molecule has 0 saturated carbocycles. The Morgan fingerprint density at radius 1 is 1.38 bits per heavy atom. The minimum absolute atomic E-state index is 0.102. The summed E-state index contributed by atoms with van der Waals surface area (Å²) in [5, 5.41) is 0. The van der Waals surface area contributed by atoms with Gasteiger partial charge in [-0.15, -0.1) is 10.2 Å². The molecule has 1 unspecified atom stereocenters. The summed E-state index contributed by atoms with van der Waals surface area (Å²) >= 11 is 0. The van der Waals surface area contributed by atoms with Crippen LogP contribution in [-0.4, -0.2) is 43.6 Å². The monoisotopic (exact) mass is 255 g/mol. The number of urea groups is 1. The van der Waals surface area contributed by atoms with E-state index in [0.29, 0.717) is 0 Å². The van der Waals surface area contributed by atoms with Crippen molar-refractivity contribution in [2.45, 2.75) is 0 Å². The van der Waals surface area contributed by atoms with Crippen molar-refractivity contribution in [3.05, 3.63) is 12.4 Å². The van der Waals surface area contributed by atoms with Crippen LogP contribution in [0.15, 0.2) is 12.4 Å². The third-order valence-corrected chi connectivity index (χ3v) is 1.63. The van der Waals surface area contributed by atoms with Gasteiger partial charge in [-0.2, -0.15) is 0 Å². The Balaban J connectivity index is 0.000000385. The Morgan fingerprint density at radius 2 is 1.81 bits per heavy atom. The van der Waals surface area contributed by atoms with E-state index in [4.69, 9.17) is 18.6 Å². The molecule has 0 aliphatic carbocycles. The lowest BCUT2D eigenvalue weighted by Crippen LogP contribution is -3.11. The minimum atomic E-state index is -4.94. The van der Waals surface area contributed by atoms with E-state index in [1.54, 1.807) is 19.0 Å². The maximum Gasteiger partial charge on any atom is 0.423 e. The van der Waals surface area contributed by atoms with Crippen LogP contribution >= 0.6 is 0 Å². The molecule has 2 amide bonds. The van der Waals surface area contributed by atoms with Crippen LogP contribution in [0.4, 0.5) is 4.79 Å². The van der Waals surface area contributed by atoms with E-state index in [9.17, 15) is 4.79 Å². The molecule has 1 rings (SSSR count). The van der Waals surface area contributed by atoms with E-state index in [1.165, 1.54) is 0 Å². The number of carbonyl (C=O) groups excluding carboxylic acids is 1. The summed E-state index contributed by atoms with van der Waals surface area (Å²) in [7, 11) is 0.537. The van der Waals surface area contributed by atoms with E-state index in [0.717, 1.165) is 11.6 Å². The molecule has 94 valence electrons. The van der Waals surface area contributed by atoms with Gasteiger partial charge in [0.1, 0.15) is 6.20 Å². The third-order valence-electron chi connectivity index (χ3n) is 1.63. The van der Waals surface area contributed by atoms with E-state index in [1.807, 2.05) is 24.3 Å². The fourth-order valence-corrected chi connectivity index (χ4v) is 1.02. The zero-order chi connectivity index (χ0) is 12.9. The summed E-state index contributed by atoms with van der Waals surface area (Å²) < 4.78 is 34.0. The summed E-state index contributed by atoms with van der Waals surface area (Å²) in [5.74, 6) is 0. The Bertz CT molecular complexity index is 259. The molecule has 0 aromatic rings. The topological polar surface area (TPSA) is 120 Å². The van der Waals surface area contributed by atoms with Gasteiger partial charge in [0.15, 0.2) is 6.67 Å². The van der Waals surface area contributed by atoms with Crippen molar-refractivity contribution in [2.24, 2.45) is 0 Å². The minimum Gasteiger partial charge on any atom is -0.329 e. The molecular formula is C7H14ClN3O5. The number of nitrogens with zero attached hydrogens (tertiary/aromatic N) is 2. The van der Waals surface area contributed by atoms with Crippen LogP contribution in [0.1, 0.15) is 0 Å². The van der Waals surface area contributed by atoms with Crippen LogP contribution in [0.2, 0.25) is 0 Å². The highest BCUT2D eigenvalue weighted by molar-refractivity contribution is 5.64. The second-order valence-corrected chi connectivity index (χ2v) is 4.09. The van der Waals surface area contributed by atoms with Gasteiger partial charge < -0.3 is 4.90 Å². The van der Waals surface area contributed by atoms with Crippen LogP contribution in [0, 0.1) is 10.2 Å². The second kappa shape index (κ2) is 5.99. The molecule has 0 saturated heterocycles. The Labute approximate surface area is 95.3 Å². The van der Waals surface area contributed by atoms with E-state index < -0.39 is 10.2 Å². The first-order valence-electron chi connectivity index (χ1n) is 4.19. The van der Waals surface area contributed by atoms with Gasteiger partial charge in [-0.1, -0.05) is 0 Å². The van der Waals surface area contributed by atoms with Crippen LogP contribution in [0.3, 0.4) is 0 Å². The normalized spacial score (nSPS) is 19.2. The predicted octanol–water partition coefficient (Wildman–Crippen LogP) is -5.83. The summed E-state index contributed by atoms with van der Waals surface area (Å²) in [6.45, 7) is 0.733. The molecule has 16 heavy (non-hydrogen) atoms. The molecule has 9 heteroatoms. The number of quaternary nitrogens is 1. The van der Waals surface area contributed by atoms with E-state index in [2.05, 4.69) is 0 Å². The molecule has 1 aliphatic rings. The van der Waals surface area contributed by atoms with Gasteiger partial charge >= 0.3 is 6.03 Å². The molecule has 1 N–H and O–H groups in total. The largest absolute Gasteiger partial charge is 0.423 e. The highest BCUT2D eigenvalue weighted by Crippen LogP contribution is 1.84.